The van der Waals surface area contributed by atoms with Crippen LogP contribution in [0.2, 0.25) is 0 Å². The Morgan fingerprint density at radius 1 is 1.50 bits per heavy atom. The molecule has 0 spiro atoms. The van der Waals surface area contributed by atoms with E-state index in [0.717, 1.165) is 3.58 Å². The van der Waals surface area contributed by atoms with Crippen LogP contribution in [-0.4, -0.2) is 18.1 Å². The Morgan fingerprint density at radius 2 is 2.08 bits per heavy atom. The second kappa shape index (κ2) is 7.36. The van der Waals surface area contributed by atoms with Crippen molar-refractivity contribution in [2.75, 3.05) is 11.9 Å². The summed E-state index contributed by atoms with van der Waals surface area (Å²) in [6.07, 6.45) is -0.656. The Kier molecular flexibility index (Phi) is 7.95. The summed E-state index contributed by atoms with van der Waals surface area (Å²) in [5, 5.41) is 0.672. The quantitative estimate of drug-likeness (QED) is 0.279. The summed E-state index contributed by atoms with van der Waals surface area (Å²) in [6, 6.07) is 0. The molecule has 0 N–H and O–H groups in total. The summed E-state index contributed by atoms with van der Waals surface area (Å²) in [4.78, 5) is 10.8. The highest BCUT2D eigenvalue weighted by molar-refractivity contribution is 14.1. The first kappa shape index (κ1) is 12.9. The largest absolute Gasteiger partial charge is 0.514 e. The van der Waals surface area contributed by atoms with E-state index in [-0.39, 0.29) is 0 Å². The van der Waals surface area contributed by atoms with Crippen molar-refractivity contribution in [3.8, 4) is 0 Å². The number of hydrogen-bond donors (Lipinski definition) is 0. The smallest absolute Gasteiger partial charge is 0.434 e. The molecule has 0 radical (unpaired) electrons. The average molecular weight is 461 g/mol. The van der Waals surface area contributed by atoms with E-state index in [1.54, 1.807) is 6.92 Å². The molecular formula is C6H7BrI2O3. The lowest BCUT2D eigenvalue weighted by atomic mass is 10.7. The van der Waals surface area contributed by atoms with Gasteiger partial charge in [-0.1, -0.05) is 15.9 Å². The van der Waals surface area contributed by atoms with E-state index < -0.39 is 6.16 Å². The summed E-state index contributed by atoms with van der Waals surface area (Å²) < 4.78 is 10.9. The first-order valence-corrected chi connectivity index (χ1v) is 6.34. The predicted molar refractivity (Wildman–Crippen MR) is 67.0 cm³/mol. The number of alkyl halides is 1. The molecule has 0 amide bonds. The highest BCUT2D eigenvalue weighted by Crippen LogP contribution is 2.22. The number of halogens is 3. The molecule has 0 unspecified atom stereocenters. The zero-order valence-corrected chi connectivity index (χ0v) is 12.2. The van der Waals surface area contributed by atoms with Gasteiger partial charge in [-0.25, -0.2) is 4.79 Å². The van der Waals surface area contributed by atoms with Crippen molar-refractivity contribution in [2.45, 2.75) is 6.92 Å². The van der Waals surface area contributed by atoms with Crippen molar-refractivity contribution in [1.82, 2.24) is 0 Å². The van der Waals surface area contributed by atoms with Gasteiger partial charge < -0.3 is 9.47 Å². The third kappa shape index (κ3) is 5.57. The first-order chi connectivity index (χ1) is 5.61. The van der Waals surface area contributed by atoms with Gasteiger partial charge in [-0.05, 0) is 29.5 Å². The topological polar surface area (TPSA) is 35.5 Å². The van der Waals surface area contributed by atoms with Crippen LogP contribution in [0, 0.1) is 0 Å². The van der Waals surface area contributed by atoms with Gasteiger partial charge in [-0.15, -0.1) is 0 Å². The molecule has 70 valence electrons. The van der Waals surface area contributed by atoms with Gasteiger partial charge in [0.25, 0.3) is 0 Å². The van der Waals surface area contributed by atoms with Crippen LogP contribution in [-0.2, 0) is 9.47 Å². The number of carbonyl (C=O) groups is 1. The van der Waals surface area contributed by atoms with E-state index >= 15 is 0 Å². The molecule has 0 bridgehead atoms. The molecule has 12 heavy (non-hydrogen) atoms. The van der Waals surface area contributed by atoms with Gasteiger partial charge in [0.1, 0.15) is 0 Å². The van der Waals surface area contributed by atoms with Crippen molar-refractivity contribution in [2.24, 2.45) is 0 Å². The molecule has 6 heteroatoms. The highest BCUT2D eigenvalue weighted by Gasteiger charge is 2.07. The third-order valence-electron chi connectivity index (χ3n) is 0.766. The lowest BCUT2D eigenvalue weighted by Gasteiger charge is -2.03. The Morgan fingerprint density at radius 3 is 2.50 bits per heavy atom. The van der Waals surface area contributed by atoms with Crippen LogP contribution in [0.25, 0.3) is 0 Å². The van der Waals surface area contributed by atoms with E-state index in [1.807, 2.05) is 22.6 Å². The van der Waals surface area contributed by atoms with Crippen molar-refractivity contribution in [3.63, 3.8) is 0 Å². The maximum absolute atomic E-state index is 10.8. The van der Waals surface area contributed by atoms with Crippen LogP contribution in [0.1, 0.15) is 6.92 Å². The van der Waals surface area contributed by atoms with Crippen LogP contribution >= 0.6 is 61.1 Å². The highest BCUT2D eigenvalue weighted by atomic mass is 127. The van der Waals surface area contributed by atoms with E-state index in [9.17, 15) is 4.79 Å². The lowest BCUT2D eigenvalue weighted by Crippen LogP contribution is -2.05. The van der Waals surface area contributed by atoms with Crippen LogP contribution < -0.4 is 0 Å². The van der Waals surface area contributed by atoms with Crippen LogP contribution in [0.5, 0.6) is 0 Å². The molecule has 0 aliphatic rings. The van der Waals surface area contributed by atoms with Gasteiger partial charge in [0.2, 0.25) is 0 Å². The summed E-state index contributed by atoms with van der Waals surface area (Å²) >= 11 is 7.27. The average Bonchev–Trinajstić information content (AvgIpc) is 2.03. The predicted octanol–water partition coefficient (Wildman–Crippen LogP) is 3.59. The Labute approximate surface area is 107 Å². The van der Waals surface area contributed by atoms with Crippen LogP contribution in [0.15, 0.2) is 7.35 Å². The molecule has 0 rings (SSSR count). The number of hydrogen-bond acceptors (Lipinski definition) is 3. The van der Waals surface area contributed by atoms with Crippen LogP contribution in [0.4, 0.5) is 4.79 Å². The Hall–Kier alpha value is 0.950. The molecule has 0 atom stereocenters. The van der Waals surface area contributed by atoms with Gasteiger partial charge in [0.05, 0.1) is 10.2 Å². The fourth-order valence-corrected chi connectivity index (χ4v) is 1.59. The SMILES string of the molecule is CCOC(=O)OC(I)=C(I)CBr. The molecule has 0 saturated heterocycles. The molecule has 0 aromatic heterocycles. The third-order valence-corrected chi connectivity index (χ3v) is 5.15. The minimum absolute atomic E-state index is 0.327. The second-order valence-corrected chi connectivity index (χ2v) is 4.44. The molecule has 0 saturated carbocycles. The fraction of sp³-hybridized carbons (Fsp3) is 0.500. The van der Waals surface area contributed by atoms with E-state index in [0.29, 0.717) is 15.7 Å². The molecule has 3 nitrogen and oxygen atoms in total. The Balaban J connectivity index is 3.99. The van der Waals surface area contributed by atoms with Crippen molar-refractivity contribution in [3.05, 3.63) is 7.35 Å². The lowest BCUT2D eigenvalue weighted by molar-refractivity contribution is 0.0882. The minimum atomic E-state index is -0.656. The van der Waals surface area contributed by atoms with E-state index in [4.69, 9.17) is 4.74 Å². The molecule has 0 heterocycles. The molecule has 0 aliphatic heterocycles. The van der Waals surface area contributed by atoms with Crippen LogP contribution in [0.3, 0.4) is 0 Å². The summed E-state index contributed by atoms with van der Waals surface area (Å²) in [5.74, 6) is 0. The van der Waals surface area contributed by atoms with Gasteiger partial charge in [0, 0.05) is 27.9 Å². The number of carbonyl (C=O) groups excluding carboxylic acids is 1. The van der Waals surface area contributed by atoms with Gasteiger partial charge in [-0.3, -0.25) is 0 Å². The maximum atomic E-state index is 10.8. The molecular weight excluding hydrogens is 454 g/mol. The fourth-order valence-electron chi connectivity index (χ4n) is 0.328. The molecule has 0 aromatic carbocycles. The molecule has 0 aliphatic carbocycles. The molecule has 0 fully saturated rings. The first-order valence-electron chi connectivity index (χ1n) is 3.06. The number of ether oxygens (including phenoxy) is 2. The van der Waals surface area contributed by atoms with Crippen molar-refractivity contribution < 1.29 is 14.3 Å². The summed E-state index contributed by atoms with van der Waals surface area (Å²) in [7, 11) is 0. The standard InChI is InChI=1S/C6H7BrI2O3/c1-2-11-6(10)12-5(9)4(8)3-7/h2-3H2,1H3. The second-order valence-electron chi connectivity index (χ2n) is 1.60. The minimum Gasteiger partial charge on any atom is -0.434 e. The number of rotatable bonds is 3. The van der Waals surface area contributed by atoms with E-state index in [2.05, 4.69) is 43.3 Å². The zero-order valence-electron chi connectivity index (χ0n) is 6.27. The van der Waals surface area contributed by atoms with Crippen molar-refractivity contribution in [1.29, 1.82) is 0 Å². The molecule has 0 aromatic rings. The van der Waals surface area contributed by atoms with Crippen molar-refractivity contribution >= 4 is 67.3 Å². The summed E-state index contributed by atoms with van der Waals surface area (Å²) in [6.45, 7) is 2.06. The van der Waals surface area contributed by atoms with Gasteiger partial charge in [-0.2, -0.15) is 0 Å². The summed E-state index contributed by atoms with van der Waals surface area (Å²) in [5.41, 5.74) is 0. The van der Waals surface area contributed by atoms with E-state index in [1.165, 1.54) is 0 Å². The number of allylic oxidation sites excluding steroid dienone is 1. The normalized spacial score (nSPS) is 12.0. The monoisotopic (exact) mass is 460 g/mol. The zero-order chi connectivity index (χ0) is 9.56. The maximum Gasteiger partial charge on any atom is 0.514 e. The Bertz CT molecular complexity index is 193. The van der Waals surface area contributed by atoms with Gasteiger partial charge in [0.15, 0.2) is 3.77 Å². The van der Waals surface area contributed by atoms with Gasteiger partial charge >= 0.3 is 6.16 Å².